The summed E-state index contributed by atoms with van der Waals surface area (Å²) in [5, 5.41) is 20.1. The van der Waals surface area contributed by atoms with E-state index in [1.807, 2.05) is 31.7 Å². The van der Waals surface area contributed by atoms with E-state index in [2.05, 4.69) is 0 Å². The van der Waals surface area contributed by atoms with Gasteiger partial charge in [0.25, 0.3) is 5.69 Å². The molecular weight excluding hydrogens is 272 g/mol. The lowest BCUT2D eigenvalue weighted by Gasteiger charge is -2.33. The van der Waals surface area contributed by atoms with Crippen LogP contribution in [0.5, 0.6) is 0 Å². The first-order valence-electron chi connectivity index (χ1n) is 7.00. The molecule has 0 heterocycles. The van der Waals surface area contributed by atoms with Crippen LogP contribution in [0.4, 0.5) is 5.69 Å². The van der Waals surface area contributed by atoms with E-state index in [1.165, 1.54) is 6.07 Å². The van der Waals surface area contributed by atoms with Gasteiger partial charge in [-0.2, -0.15) is 0 Å². The van der Waals surface area contributed by atoms with Crippen molar-refractivity contribution in [2.75, 3.05) is 6.54 Å². The minimum atomic E-state index is -0.899. The van der Waals surface area contributed by atoms with Crippen LogP contribution in [0.25, 0.3) is 0 Å². The molecule has 0 saturated heterocycles. The maximum atomic E-state index is 11.0. The first kappa shape index (κ1) is 17.1. The standard InChI is InChI=1S/C15H22N2O4/c1-5-11(3)16(9-15(18)19)12(4)13-7-6-10(2)14(8-13)17(20)21/h6-8,11-12H,5,9H2,1-4H3,(H,18,19). The molecule has 1 aromatic carbocycles. The summed E-state index contributed by atoms with van der Waals surface area (Å²) in [6.45, 7) is 7.43. The molecule has 1 rings (SSSR count). The van der Waals surface area contributed by atoms with Crippen LogP contribution in [-0.4, -0.2) is 33.5 Å². The van der Waals surface area contributed by atoms with Crippen LogP contribution in [0.1, 0.15) is 44.4 Å². The van der Waals surface area contributed by atoms with E-state index in [4.69, 9.17) is 5.11 Å². The summed E-state index contributed by atoms with van der Waals surface area (Å²) in [6.07, 6.45) is 0.811. The van der Waals surface area contributed by atoms with Gasteiger partial charge in [0, 0.05) is 23.7 Å². The van der Waals surface area contributed by atoms with Crippen molar-refractivity contribution in [2.24, 2.45) is 0 Å². The number of carbonyl (C=O) groups is 1. The van der Waals surface area contributed by atoms with Crippen molar-refractivity contribution >= 4 is 11.7 Å². The van der Waals surface area contributed by atoms with E-state index in [0.717, 1.165) is 12.0 Å². The first-order chi connectivity index (χ1) is 9.77. The molecule has 1 aromatic rings. The van der Waals surface area contributed by atoms with Crippen LogP contribution in [-0.2, 0) is 4.79 Å². The van der Waals surface area contributed by atoms with Crippen molar-refractivity contribution < 1.29 is 14.8 Å². The molecule has 2 unspecified atom stereocenters. The highest BCUT2D eigenvalue weighted by molar-refractivity contribution is 5.69. The molecule has 0 aromatic heterocycles. The van der Waals surface area contributed by atoms with Crippen molar-refractivity contribution in [1.82, 2.24) is 4.90 Å². The third-order valence-corrected chi connectivity index (χ3v) is 3.88. The minimum Gasteiger partial charge on any atom is -0.480 e. The van der Waals surface area contributed by atoms with Gasteiger partial charge in [0.1, 0.15) is 0 Å². The lowest BCUT2D eigenvalue weighted by Crippen LogP contribution is -2.39. The van der Waals surface area contributed by atoms with E-state index in [0.29, 0.717) is 5.56 Å². The third-order valence-electron chi connectivity index (χ3n) is 3.88. The second-order valence-electron chi connectivity index (χ2n) is 5.30. The number of aliphatic carboxylic acids is 1. The van der Waals surface area contributed by atoms with Gasteiger partial charge in [0.15, 0.2) is 0 Å². The zero-order valence-electron chi connectivity index (χ0n) is 12.9. The fraction of sp³-hybridized carbons (Fsp3) is 0.533. The number of benzene rings is 1. The van der Waals surface area contributed by atoms with Crippen LogP contribution in [0.3, 0.4) is 0 Å². The number of nitro benzene ring substituents is 1. The molecule has 6 heteroatoms. The number of rotatable bonds is 7. The highest BCUT2D eigenvalue weighted by Gasteiger charge is 2.24. The summed E-state index contributed by atoms with van der Waals surface area (Å²) in [4.78, 5) is 23.5. The van der Waals surface area contributed by atoms with Crippen molar-refractivity contribution in [3.05, 3.63) is 39.4 Å². The van der Waals surface area contributed by atoms with Crippen LogP contribution < -0.4 is 0 Å². The molecule has 2 atom stereocenters. The quantitative estimate of drug-likeness (QED) is 0.617. The topological polar surface area (TPSA) is 83.7 Å². The molecule has 0 aliphatic carbocycles. The minimum absolute atomic E-state index is 0.0683. The van der Waals surface area contributed by atoms with Gasteiger partial charge in [-0.3, -0.25) is 19.8 Å². The Morgan fingerprint density at radius 1 is 1.43 bits per heavy atom. The fourth-order valence-corrected chi connectivity index (χ4v) is 2.34. The van der Waals surface area contributed by atoms with E-state index in [-0.39, 0.29) is 24.3 Å². The number of hydrogen-bond acceptors (Lipinski definition) is 4. The molecule has 0 aliphatic heterocycles. The second-order valence-corrected chi connectivity index (χ2v) is 5.30. The van der Waals surface area contributed by atoms with Crippen LogP contribution in [0.2, 0.25) is 0 Å². The highest BCUT2D eigenvalue weighted by atomic mass is 16.6. The van der Waals surface area contributed by atoms with Crippen molar-refractivity contribution in [1.29, 1.82) is 0 Å². The van der Waals surface area contributed by atoms with Gasteiger partial charge in [-0.05, 0) is 32.8 Å². The Balaban J connectivity index is 3.13. The second kappa shape index (κ2) is 7.17. The summed E-state index contributed by atoms with van der Waals surface area (Å²) in [5.41, 5.74) is 1.43. The number of carboxylic acid groups (broad SMARTS) is 1. The average Bonchev–Trinajstić information content (AvgIpc) is 2.43. The molecule has 0 spiro atoms. The molecular formula is C15H22N2O4. The molecule has 0 aliphatic rings. The largest absolute Gasteiger partial charge is 0.480 e. The molecule has 1 N–H and O–H groups in total. The maximum Gasteiger partial charge on any atom is 0.317 e. The molecule has 0 radical (unpaired) electrons. The number of nitro groups is 1. The van der Waals surface area contributed by atoms with Gasteiger partial charge in [-0.15, -0.1) is 0 Å². The van der Waals surface area contributed by atoms with E-state index in [1.54, 1.807) is 13.0 Å². The predicted octanol–water partition coefficient (Wildman–Crippen LogP) is 3.15. The highest BCUT2D eigenvalue weighted by Crippen LogP contribution is 2.28. The van der Waals surface area contributed by atoms with Gasteiger partial charge in [-0.25, -0.2) is 0 Å². The van der Waals surface area contributed by atoms with Gasteiger partial charge in [0.2, 0.25) is 0 Å². The monoisotopic (exact) mass is 294 g/mol. The Bertz CT molecular complexity index is 530. The Kier molecular flexibility index (Phi) is 5.84. The molecule has 0 saturated carbocycles. The zero-order chi connectivity index (χ0) is 16.2. The summed E-state index contributed by atoms with van der Waals surface area (Å²) < 4.78 is 0. The molecule has 6 nitrogen and oxygen atoms in total. The first-order valence-corrected chi connectivity index (χ1v) is 7.00. The van der Waals surface area contributed by atoms with Crippen LogP contribution in [0, 0.1) is 17.0 Å². The lowest BCUT2D eigenvalue weighted by molar-refractivity contribution is -0.385. The Morgan fingerprint density at radius 2 is 2.05 bits per heavy atom. The Labute approximate surface area is 124 Å². The molecule has 0 fully saturated rings. The molecule has 0 amide bonds. The van der Waals surface area contributed by atoms with Crippen LogP contribution in [0.15, 0.2) is 18.2 Å². The van der Waals surface area contributed by atoms with Gasteiger partial charge in [-0.1, -0.05) is 19.1 Å². The Hall–Kier alpha value is -1.95. The summed E-state index contributed by atoms with van der Waals surface area (Å²) >= 11 is 0. The third kappa shape index (κ3) is 4.26. The predicted molar refractivity (Wildman–Crippen MR) is 80.3 cm³/mol. The zero-order valence-corrected chi connectivity index (χ0v) is 12.9. The van der Waals surface area contributed by atoms with E-state index < -0.39 is 10.9 Å². The Morgan fingerprint density at radius 3 is 2.52 bits per heavy atom. The molecule has 116 valence electrons. The van der Waals surface area contributed by atoms with Gasteiger partial charge >= 0.3 is 5.97 Å². The average molecular weight is 294 g/mol. The number of carboxylic acids is 1. The fourth-order valence-electron chi connectivity index (χ4n) is 2.34. The van der Waals surface area contributed by atoms with Crippen LogP contribution >= 0.6 is 0 Å². The molecule has 21 heavy (non-hydrogen) atoms. The van der Waals surface area contributed by atoms with Crippen molar-refractivity contribution in [3.63, 3.8) is 0 Å². The smallest absolute Gasteiger partial charge is 0.317 e. The van der Waals surface area contributed by atoms with Crippen molar-refractivity contribution in [2.45, 2.75) is 46.2 Å². The summed E-state index contributed by atoms with van der Waals surface area (Å²) in [7, 11) is 0. The number of nitrogens with zero attached hydrogens (tertiary/aromatic N) is 2. The SMILES string of the molecule is CCC(C)N(CC(=O)O)C(C)c1ccc(C)c([N+](=O)[O-])c1. The summed E-state index contributed by atoms with van der Waals surface area (Å²) in [5.74, 6) is -0.899. The van der Waals surface area contributed by atoms with E-state index in [9.17, 15) is 14.9 Å². The maximum absolute atomic E-state index is 11.0. The van der Waals surface area contributed by atoms with E-state index >= 15 is 0 Å². The number of hydrogen-bond donors (Lipinski definition) is 1. The summed E-state index contributed by atoms with van der Waals surface area (Å²) in [6, 6.07) is 4.95. The van der Waals surface area contributed by atoms with Gasteiger partial charge < -0.3 is 5.11 Å². The lowest BCUT2D eigenvalue weighted by atomic mass is 10.0. The van der Waals surface area contributed by atoms with Gasteiger partial charge in [0.05, 0.1) is 11.5 Å². The van der Waals surface area contributed by atoms with Crippen molar-refractivity contribution in [3.8, 4) is 0 Å². The molecule has 0 bridgehead atoms. The normalized spacial score (nSPS) is 14.0. The number of aryl methyl sites for hydroxylation is 1.